The fraction of sp³-hybridized carbons (Fsp3) is 0. The molecule has 0 unspecified atom stereocenters. The van der Waals surface area contributed by atoms with Crippen LogP contribution in [0.15, 0.2) is 182 Å². The van der Waals surface area contributed by atoms with E-state index in [0.29, 0.717) is 17.5 Å². The third kappa shape index (κ3) is 5.26. The normalized spacial score (nSPS) is 11.5. The summed E-state index contributed by atoms with van der Waals surface area (Å²) in [6, 6.07) is 59.8. The van der Waals surface area contributed by atoms with Crippen molar-refractivity contribution >= 4 is 32.3 Å². The number of hydrogen-bond donors (Lipinski definition) is 0. The lowest BCUT2D eigenvalue weighted by Gasteiger charge is -2.14. The van der Waals surface area contributed by atoms with E-state index in [2.05, 4.69) is 138 Å². The molecule has 10 rings (SSSR count). The van der Waals surface area contributed by atoms with Gasteiger partial charge in [-0.25, -0.2) is 15.0 Å². The van der Waals surface area contributed by atoms with Crippen molar-refractivity contribution in [2.24, 2.45) is 0 Å². The molecule has 0 atom stereocenters. The molecule has 0 bridgehead atoms. The van der Waals surface area contributed by atoms with E-state index in [0.717, 1.165) is 38.9 Å². The van der Waals surface area contributed by atoms with Crippen molar-refractivity contribution in [1.82, 2.24) is 19.9 Å². The van der Waals surface area contributed by atoms with Crippen LogP contribution in [-0.2, 0) is 0 Å². The topological polar surface area (TPSA) is 51.6 Å². The molecule has 0 aliphatic heterocycles. The molecule has 4 heteroatoms. The molecule has 8 aromatic carbocycles. The van der Waals surface area contributed by atoms with Crippen LogP contribution >= 0.6 is 0 Å². The first-order valence-electron chi connectivity index (χ1n) is 17.5. The predicted molar refractivity (Wildman–Crippen MR) is 214 cm³/mol. The van der Waals surface area contributed by atoms with E-state index < -0.39 is 0 Å². The Hall–Kier alpha value is -7.04. The van der Waals surface area contributed by atoms with E-state index >= 15 is 0 Å². The number of rotatable bonds is 6. The molecule has 2 aromatic heterocycles. The van der Waals surface area contributed by atoms with Gasteiger partial charge in [0.05, 0.1) is 0 Å². The van der Waals surface area contributed by atoms with Gasteiger partial charge in [-0.15, -0.1) is 0 Å². The van der Waals surface area contributed by atoms with Crippen LogP contribution in [0, 0.1) is 0 Å². The van der Waals surface area contributed by atoms with Crippen molar-refractivity contribution in [2.75, 3.05) is 0 Å². The predicted octanol–water partition coefficient (Wildman–Crippen LogP) is 12.2. The van der Waals surface area contributed by atoms with Gasteiger partial charge in [-0.05, 0) is 71.8 Å². The highest BCUT2D eigenvalue weighted by Crippen LogP contribution is 2.39. The average Bonchev–Trinajstić information content (AvgIpc) is 3.23. The van der Waals surface area contributed by atoms with Gasteiger partial charge in [-0.2, -0.15) is 0 Å². The van der Waals surface area contributed by atoms with Crippen LogP contribution in [0.4, 0.5) is 0 Å². The highest BCUT2D eigenvalue weighted by molar-refractivity contribution is 6.25. The fourth-order valence-electron chi connectivity index (χ4n) is 7.34. The summed E-state index contributed by atoms with van der Waals surface area (Å²) in [4.78, 5) is 19.1. The zero-order valence-corrected chi connectivity index (χ0v) is 28.1. The Balaban J connectivity index is 0.976. The lowest BCUT2D eigenvalue weighted by atomic mass is 9.89. The molecule has 0 saturated heterocycles. The molecule has 0 saturated carbocycles. The van der Waals surface area contributed by atoms with E-state index in [1.807, 2.05) is 42.6 Å². The third-order valence-electron chi connectivity index (χ3n) is 10.0. The van der Waals surface area contributed by atoms with Crippen molar-refractivity contribution in [3.05, 3.63) is 182 Å². The number of hydrogen-bond acceptors (Lipinski definition) is 4. The molecule has 0 aliphatic carbocycles. The van der Waals surface area contributed by atoms with Gasteiger partial charge >= 0.3 is 0 Å². The molecule has 0 aliphatic rings. The minimum Gasteiger partial charge on any atom is -0.264 e. The summed E-state index contributed by atoms with van der Waals surface area (Å²) >= 11 is 0. The van der Waals surface area contributed by atoms with E-state index in [1.165, 1.54) is 43.4 Å². The van der Waals surface area contributed by atoms with Gasteiger partial charge < -0.3 is 0 Å². The molecule has 2 heterocycles. The van der Waals surface area contributed by atoms with Gasteiger partial charge in [0, 0.05) is 29.1 Å². The molecule has 10 aromatic rings. The molecule has 0 amide bonds. The zero-order chi connectivity index (χ0) is 34.4. The molecular formula is C48H30N4. The van der Waals surface area contributed by atoms with Crippen LogP contribution in [0.5, 0.6) is 0 Å². The first-order chi connectivity index (χ1) is 25.7. The van der Waals surface area contributed by atoms with Crippen molar-refractivity contribution < 1.29 is 0 Å². The number of aromatic nitrogens is 4. The van der Waals surface area contributed by atoms with Crippen molar-refractivity contribution in [3.8, 4) is 67.5 Å². The quantitative estimate of drug-likeness (QED) is 0.166. The summed E-state index contributed by atoms with van der Waals surface area (Å²) in [5, 5.41) is 7.82. The van der Waals surface area contributed by atoms with E-state index in [9.17, 15) is 0 Å². The Morgan fingerprint density at radius 2 is 0.750 bits per heavy atom. The lowest BCUT2D eigenvalue weighted by molar-refractivity contribution is 1.07. The molecule has 242 valence electrons. The van der Waals surface area contributed by atoms with Crippen LogP contribution in [-0.4, -0.2) is 19.9 Å². The summed E-state index contributed by atoms with van der Waals surface area (Å²) < 4.78 is 0. The van der Waals surface area contributed by atoms with Gasteiger partial charge in [0.15, 0.2) is 17.5 Å². The maximum absolute atomic E-state index is 4.97. The molecular weight excluding hydrogens is 633 g/mol. The summed E-state index contributed by atoms with van der Waals surface area (Å²) in [5.41, 5.74) is 9.71. The zero-order valence-electron chi connectivity index (χ0n) is 28.1. The van der Waals surface area contributed by atoms with Crippen LogP contribution in [0.25, 0.3) is 99.9 Å². The van der Waals surface area contributed by atoms with Crippen LogP contribution in [0.2, 0.25) is 0 Å². The fourth-order valence-corrected chi connectivity index (χ4v) is 7.34. The van der Waals surface area contributed by atoms with E-state index in [-0.39, 0.29) is 0 Å². The van der Waals surface area contributed by atoms with Gasteiger partial charge in [0.2, 0.25) is 0 Å². The van der Waals surface area contributed by atoms with E-state index in [1.54, 1.807) is 6.20 Å². The monoisotopic (exact) mass is 662 g/mol. The Bertz CT molecular complexity index is 2830. The summed E-state index contributed by atoms with van der Waals surface area (Å²) in [7, 11) is 0. The first-order valence-corrected chi connectivity index (χ1v) is 17.5. The highest BCUT2D eigenvalue weighted by atomic mass is 15.0. The largest absolute Gasteiger partial charge is 0.264 e. The lowest BCUT2D eigenvalue weighted by Crippen LogP contribution is -2.00. The second-order valence-electron chi connectivity index (χ2n) is 13.1. The standard InChI is InChI=1S/C48H30N4/c1-2-6-38(7-3-1)46-50-47(52-48(51-46)40-23-15-33(16-24-40)41-10-5-29-49-30-41)39-21-13-32(14-22-39)31-11-17-34(18-12-31)42-27-25-37-20-19-35-8-4-9-36-26-28-43(42)45(37)44(35)36/h1-30H. The van der Waals surface area contributed by atoms with Gasteiger partial charge in [-0.3, -0.25) is 4.98 Å². The maximum Gasteiger partial charge on any atom is 0.164 e. The molecule has 4 nitrogen and oxygen atoms in total. The average molecular weight is 663 g/mol. The molecule has 0 spiro atoms. The number of benzene rings is 8. The Morgan fingerprint density at radius 3 is 1.33 bits per heavy atom. The summed E-state index contributed by atoms with van der Waals surface area (Å²) in [5.74, 6) is 1.91. The molecule has 52 heavy (non-hydrogen) atoms. The van der Waals surface area contributed by atoms with Gasteiger partial charge in [0.1, 0.15) is 0 Å². The Kier molecular flexibility index (Phi) is 7.10. The SMILES string of the molecule is c1ccc(-c2nc(-c3ccc(-c4ccc(-c5ccc6ccc7cccc8ccc5c6c78)cc4)cc3)nc(-c3ccc(-c4cccnc4)cc3)n2)cc1. The Morgan fingerprint density at radius 1 is 0.288 bits per heavy atom. The second kappa shape index (κ2) is 12.4. The van der Waals surface area contributed by atoms with Crippen LogP contribution < -0.4 is 0 Å². The minimum absolute atomic E-state index is 0.632. The molecule has 0 fully saturated rings. The third-order valence-corrected chi connectivity index (χ3v) is 10.0. The smallest absolute Gasteiger partial charge is 0.164 e. The van der Waals surface area contributed by atoms with E-state index in [4.69, 9.17) is 15.0 Å². The molecule has 0 radical (unpaired) electrons. The molecule has 0 N–H and O–H groups in total. The van der Waals surface area contributed by atoms with Crippen molar-refractivity contribution in [1.29, 1.82) is 0 Å². The Labute approximate surface area is 301 Å². The van der Waals surface area contributed by atoms with Gasteiger partial charge in [0.25, 0.3) is 0 Å². The number of pyridine rings is 1. The summed E-state index contributed by atoms with van der Waals surface area (Å²) in [6.07, 6.45) is 3.66. The van der Waals surface area contributed by atoms with Gasteiger partial charge in [-0.1, -0.05) is 164 Å². The summed E-state index contributed by atoms with van der Waals surface area (Å²) in [6.45, 7) is 0. The van der Waals surface area contributed by atoms with Crippen molar-refractivity contribution in [3.63, 3.8) is 0 Å². The van der Waals surface area contributed by atoms with Crippen LogP contribution in [0.3, 0.4) is 0 Å². The van der Waals surface area contributed by atoms with Crippen molar-refractivity contribution in [2.45, 2.75) is 0 Å². The van der Waals surface area contributed by atoms with Crippen LogP contribution in [0.1, 0.15) is 0 Å². The first kappa shape index (κ1) is 29.8. The number of nitrogens with zero attached hydrogens (tertiary/aromatic N) is 4. The maximum atomic E-state index is 4.97. The minimum atomic E-state index is 0.632. The highest BCUT2D eigenvalue weighted by Gasteiger charge is 2.14. The second-order valence-corrected chi connectivity index (χ2v) is 13.1.